The van der Waals surface area contributed by atoms with Gasteiger partial charge in [-0.15, -0.1) is 0 Å². The number of aromatic nitrogens is 1. The number of piperazine rings is 1. The van der Waals surface area contributed by atoms with Gasteiger partial charge in [0.2, 0.25) is 5.76 Å². The van der Waals surface area contributed by atoms with E-state index in [1.807, 2.05) is 17.0 Å². The van der Waals surface area contributed by atoms with E-state index in [4.69, 9.17) is 20.9 Å². The average Bonchev–Trinajstić information content (AvgIpc) is 3.09. The number of nitrogens with zero attached hydrogens (tertiary/aromatic N) is 3. The van der Waals surface area contributed by atoms with Gasteiger partial charge in [-0.05, 0) is 24.6 Å². The van der Waals surface area contributed by atoms with E-state index in [-0.39, 0.29) is 17.6 Å². The number of aryl methyl sites for hydroxylation is 1. The molecule has 3 rings (SSSR count). The van der Waals surface area contributed by atoms with Crippen molar-refractivity contribution < 1.29 is 18.8 Å². The van der Waals surface area contributed by atoms with Crippen LogP contribution in [0.25, 0.3) is 0 Å². The molecular formula is C18H20ClN3O4. The minimum absolute atomic E-state index is 0.189. The van der Waals surface area contributed by atoms with E-state index in [2.05, 4.69) is 5.16 Å². The summed E-state index contributed by atoms with van der Waals surface area (Å²) >= 11 is 5.94. The first-order valence-electron chi connectivity index (χ1n) is 8.29. The highest BCUT2D eigenvalue weighted by Gasteiger charge is 2.33. The molecule has 1 atom stereocenters. The van der Waals surface area contributed by atoms with Crippen LogP contribution in [0.3, 0.4) is 0 Å². The summed E-state index contributed by atoms with van der Waals surface area (Å²) in [5, 5.41) is 4.36. The smallest absolute Gasteiger partial charge is 0.327 e. The van der Waals surface area contributed by atoms with Gasteiger partial charge in [0, 0.05) is 37.3 Å². The molecule has 1 aromatic carbocycles. The molecule has 0 aliphatic carbocycles. The van der Waals surface area contributed by atoms with Gasteiger partial charge in [-0.2, -0.15) is 0 Å². The number of amides is 1. The fraction of sp³-hybridized carbons (Fsp3) is 0.389. The van der Waals surface area contributed by atoms with Crippen LogP contribution in [0.2, 0.25) is 5.02 Å². The Bertz CT molecular complexity index is 782. The van der Waals surface area contributed by atoms with E-state index >= 15 is 0 Å². The number of benzene rings is 1. The SMILES string of the molecule is COC(=O)C(c1ccc(Cl)cc1)N1CCN(C(=O)c2cc(C)no2)CC1. The molecule has 0 saturated carbocycles. The van der Waals surface area contributed by atoms with E-state index < -0.39 is 6.04 Å². The van der Waals surface area contributed by atoms with Crippen LogP contribution in [0.5, 0.6) is 0 Å². The second-order valence-corrected chi connectivity index (χ2v) is 6.57. The molecule has 2 heterocycles. The summed E-state index contributed by atoms with van der Waals surface area (Å²) in [6, 6.07) is 8.23. The van der Waals surface area contributed by atoms with Crippen LogP contribution in [-0.2, 0) is 9.53 Å². The summed E-state index contributed by atoms with van der Waals surface area (Å²) in [6.07, 6.45) is 0. The molecule has 1 amide bonds. The number of hydrogen-bond donors (Lipinski definition) is 0. The highest BCUT2D eigenvalue weighted by atomic mass is 35.5. The fourth-order valence-corrected chi connectivity index (χ4v) is 3.18. The quantitative estimate of drug-likeness (QED) is 0.761. The Morgan fingerprint density at radius 1 is 1.19 bits per heavy atom. The molecule has 8 heteroatoms. The van der Waals surface area contributed by atoms with Crippen LogP contribution < -0.4 is 0 Å². The predicted molar refractivity (Wildman–Crippen MR) is 94.9 cm³/mol. The normalized spacial score (nSPS) is 16.3. The zero-order valence-corrected chi connectivity index (χ0v) is 15.4. The van der Waals surface area contributed by atoms with Crippen molar-refractivity contribution in [1.29, 1.82) is 0 Å². The molecule has 0 N–H and O–H groups in total. The number of rotatable bonds is 4. The standard InChI is InChI=1S/C18H20ClN3O4/c1-12-11-15(26-20-12)17(23)22-9-7-21(8-10-22)16(18(24)25-2)13-3-5-14(19)6-4-13/h3-6,11,16H,7-10H2,1-2H3. The van der Waals surface area contributed by atoms with Gasteiger partial charge in [0.1, 0.15) is 6.04 Å². The fourth-order valence-electron chi connectivity index (χ4n) is 3.06. The number of esters is 1. The monoisotopic (exact) mass is 377 g/mol. The molecule has 7 nitrogen and oxygen atoms in total. The topological polar surface area (TPSA) is 75.9 Å². The molecule has 1 aliphatic heterocycles. The van der Waals surface area contributed by atoms with Gasteiger partial charge >= 0.3 is 5.97 Å². The lowest BCUT2D eigenvalue weighted by molar-refractivity contribution is -0.148. The first-order chi connectivity index (χ1) is 12.5. The van der Waals surface area contributed by atoms with E-state index in [0.29, 0.717) is 36.9 Å². The molecule has 0 radical (unpaired) electrons. The second kappa shape index (κ2) is 7.88. The summed E-state index contributed by atoms with van der Waals surface area (Å²) < 4.78 is 10.0. The average molecular weight is 378 g/mol. The van der Waals surface area contributed by atoms with Gasteiger partial charge in [0.25, 0.3) is 5.91 Å². The van der Waals surface area contributed by atoms with Crippen molar-refractivity contribution in [3.63, 3.8) is 0 Å². The molecule has 26 heavy (non-hydrogen) atoms. The Kier molecular flexibility index (Phi) is 5.58. The molecule has 2 aromatic rings. The van der Waals surface area contributed by atoms with Crippen LogP contribution in [0, 0.1) is 6.92 Å². The first kappa shape index (κ1) is 18.4. The Morgan fingerprint density at radius 2 is 1.85 bits per heavy atom. The highest BCUT2D eigenvalue weighted by Crippen LogP contribution is 2.25. The van der Waals surface area contributed by atoms with E-state index in [1.54, 1.807) is 30.0 Å². The summed E-state index contributed by atoms with van der Waals surface area (Å²) in [5.41, 5.74) is 1.48. The zero-order chi connectivity index (χ0) is 18.7. The Morgan fingerprint density at radius 3 is 2.38 bits per heavy atom. The minimum Gasteiger partial charge on any atom is -0.468 e. The maximum atomic E-state index is 12.5. The van der Waals surface area contributed by atoms with Crippen molar-refractivity contribution in [3.05, 3.63) is 52.4 Å². The molecule has 1 aliphatic rings. The van der Waals surface area contributed by atoms with Gasteiger partial charge < -0.3 is 14.2 Å². The summed E-state index contributed by atoms with van der Waals surface area (Å²) in [7, 11) is 1.37. The molecule has 0 bridgehead atoms. The predicted octanol–water partition coefficient (Wildman–Crippen LogP) is 2.31. The van der Waals surface area contributed by atoms with Gasteiger partial charge in [0.05, 0.1) is 12.8 Å². The van der Waals surface area contributed by atoms with Gasteiger partial charge in [-0.1, -0.05) is 28.9 Å². The number of hydrogen-bond acceptors (Lipinski definition) is 6. The molecule has 1 saturated heterocycles. The van der Waals surface area contributed by atoms with E-state index in [0.717, 1.165) is 5.56 Å². The van der Waals surface area contributed by atoms with Crippen LogP contribution in [0.4, 0.5) is 0 Å². The summed E-state index contributed by atoms with van der Waals surface area (Å²) in [6.45, 7) is 3.83. The molecular weight excluding hydrogens is 358 g/mol. The third-order valence-electron chi connectivity index (χ3n) is 4.42. The third-order valence-corrected chi connectivity index (χ3v) is 4.67. The highest BCUT2D eigenvalue weighted by molar-refractivity contribution is 6.30. The van der Waals surface area contributed by atoms with Crippen molar-refractivity contribution in [2.45, 2.75) is 13.0 Å². The molecule has 1 unspecified atom stereocenters. The largest absolute Gasteiger partial charge is 0.468 e. The summed E-state index contributed by atoms with van der Waals surface area (Å²) in [4.78, 5) is 28.5. The van der Waals surface area contributed by atoms with E-state index in [1.165, 1.54) is 7.11 Å². The third kappa shape index (κ3) is 3.89. The molecule has 1 aromatic heterocycles. The Labute approximate surface area is 156 Å². The van der Waals surface area contributed by atoms with Gasteiger partial charge in [-0.25, -0.2) is 4.79 Å². The minimum atomic E-state index is -0.526. The number of halogens is 1. The van der Waals surface area contributed by atoms with Gasteiger partial charge in [-0.3, -0.25) is 9.69 Å². The van der Waals surface area contributed by atoms with Crippen LogP contribution in [0.15, 0.2) is 34.9 Å². The lowest BCUT2D eigenvalue weighted by atomic mass is 10.0. The molecule has 138 valence electrons. The maximum Gasteiger partial charge on any atom is 0.327 e. The van der Waals surface area contributed by atoms with Crippen molar-refractivity contribution in [2.24, 2.45) is 0 Å². The summed E-state index contributed by atoms with van der Waals surface area (Å²) in [5.74, 6) is -0.289. The molecule has 1 fully saturated rings. The van der Waals surface area contributed by atoms with Crippen molar-refractivity contribution in [2.75, 3.05) is 33.3 Å². The van der Waals surface area contributed by atoms with Crippen LogP contribution in [-0.4, -0.2) is 60.1 Å². The lowest BCUT2D eigenvalue weighted by Crippen LogP contribution is -2.51. The van der Waals surface area contributed by atoms with Crippen molar-refractivity contribution in [1.82, 2.24) is 15.0 Å². The number of carbonyl (C=O) groups is 2. The molecule has 0 spiro atoms. The van der Waals surface area contributed by atoms with E-state index in [9.17, 15) is 9.59 Å². The van der Waals surface area contributed by atoms with Gasteiger partial charge in [0.15, 0.2) is 0 Å². The maximum absolute atomic E-state index is 12.5. The number of carbonyl (C=O) groups excluding carboxylic acids is 2. The lowest BCUT2D eigenvalue weighted by Gasteiger charge is -2.37. The first-order valence-corrected chi connectivity index (χ1v) is 8.67. The second-order valence-electron chi connectivity index (χ2n) is 6.14. The zero-order valence-electron chi connectivity index (χ0n) is 14.6. The Balaban J connectivity index is 1.70. The number of ether oxygens (including phenoxy) is 1. The Hall–Kier alpha value is -2.38. The number of methoxy groups -OCH3 is 1. The van der Waals surface area contributed by atoms with Crippen LogP contribution >= 0.6 is 11.6 Å². The van der Waals surface area contributed by atoms with Crippen molar-refractivity contribution >= 4 is 23.5 Å². The van der Waals surface area contributed by atoms with Crippen molar-refractivity contribution in [3.8, 4) is 0 Å². The van der Waals surface area contributed by atoms with Crippen LogP contribution in [0.1, 0.15) is 27.9 Å².